The maximum atomic E-state index is 13.6. The number of aliphatic hydroxyl groups excluding tert-OH is 2. The first-order chi connectivity index (χ1) is 21.7. The summed E-state index contributed by atoms with van der Waals surface area (Å²) in [5.74, 6) is 0.0285. The summed E-state index contributed by atoms with van der Waals surface area (Å²) in [6.45, 7) is -9.60. The Hall–Kier alpha value is -1.64. The van der Waals surface area contributed by atoms with Gasteiger partial charge < -0.3 is 49.0 Å². The van der Waals surface area contributed by atoms with Crippen molar-refractivity contribution in [1.29, 1.82) is 0 Å². The molecule has 6 heterocycles. The molecule has 0 amide bonds. The predicted octanol–water partition coefficient (Wildman–Crippen LogP) is 2.25. The van der Waals surface area contributed by atoms with Gasteiger partial charge in [-0.3, -0.25) is 18.4 Å². The Kier molecular flexibility index (Phi) is 8.61. The number of aromatic nitrogens is 5. The Morgan fingerprint density at radius 2 is 1.63 bits per heavy atom. The van der Waals surface area contributed by atoms with Gasteiger partial charge in [-0.1, -0.05) is 35.5 Å². The molecule has 0 saturated carbocycles. The zero-order valence-corrected chi connectivity index (χ0v) is 27.9. The second-order valence-corrected chi connectivity index (χ2v) is 17.1. The SMILES string of the molecule is Nc1cc2c(ncn2[C@@H]2O[C@@H]3COP(O)(=S)O[C@@H]4C(O)[C@H](n5cnc6cc(Cl)c(Cl)cc65)O[C@@H]4COP(=O)(S)O[C@H]2C3O)c(=O)[nH]1. The maximum Gasteiger partial charge on any atom is 0.386 e. The van der Waals surface area contributed by atoms with E-state index in [0.717, 1.165) is 0 Å². The number of anilines is 1. The number of pyridine rings is 1. The van der Waals surface area contributed by atoms with Crippen LogP contribution in [0.3, 0.4) is 0 Å². The highest BCUT2D eigenvalue weighted by atomic mass is 35.5. The monoisotopic (exact) mass is 756 g/mol. The Balaban J connectivity index is 1.21. The fourth-order valence-corrected chi connectivity index (χ4v) is 8.82. The Bertz CT molecular complexity index is 2000. The van der Waals surface area contributed by atoms with Crippen molar-refractivity contribution in [3.63, 3.8) is 0 Å². The first-order valence-corrected chi connectivity index (χ1v) is 19.4. The van der Waals surface area contributed by atoms with Crippen LogP contribution in [0, 0.1) is 0 Å². The van der Waals surface area contributed by atoms with Crippen LogP contribution in [-0.2, 0) is 43.9 Å². The summed E-state index contributed by atoms with van der Waals surface area (Å²) < 4.78 is 51.0. The van der Waals surface area contributed by atoms with E-state index in [-0.39, 0.29) is 26.9 Å². The number of H-pyrrole nitrogens is 1. The third kappa shape index (κ3) is 5.95. The lowest BCUT2D eigenvalue weighted by atomic mass is 10.1. The molecule has 3 fully saturated rings. The predicted molar refractivity (Wildman–Crippen MR) is 169 cm³/mol. The number of nitrogens with two attached hydrogens (primary N) is 1. The standard InChI is InChI=1S/C23H24Cl2N6O11P2S2/c24-8-1-10-11(2-9(8)25)30(6-27-10)22-18(33)19-14(40-22)5-38-44(36,46)42-20-17(32)13(4-37-43(35,45)41-19)39-23(20)31-7-28-16-12(31)3-15(26)29-21(16)34/h1-3,6-7,13-14,17-20,22-23,32-33H,4-5H2,(H,35,45)(H,36,46)(H3,26,29,34)/t13-,14-,17?,18?,19+,20+,22-,23-,43?,44?/m1/s1. The van der Waals surface area contributed by atoms with E-state index in [9.17, 15) is 24.5 Å². The minimum Gasteiger partial charge on any atom is -0.387 e. The molecule has 3 aliphatic heterocycles. The van der Waals surface area contributed by atoms with Crippen molar-refractivity contribution < 1.29 is 47.2 Å². The van der Waals surface area contributed by atoms with Crippen molar-refractivity contribution in [2.75, 3.05) is 18.9 Å². The fraction of sp³-hybridized carbons (Fsp3) is 0.435. The lowest BCUT2D eigenvalue weighted by Gasteiger charge is -2.27. The van der Waals surface area contributed by atoms with Crippen molar-refractivity contribution in [1.82, 2.24) is 24.1 Å². The second kappa shape index (κ2) is 12.0. The third-order valence-electron chi connectivity index (χ3n) is 7.70. The number of imidazole rings is 2. The zero-order valence-electron chi connectivity index (χ0n) is 22.9. The van der Waals surface area contributed by atoms with Gasteiger partial charge in [-0.05, 0) is 23.9 Å². The largest absolute Gasteiger partial charge is 0.387 e. The van der Waals surface area contributed by atoms with Crippen LogP contribution < -0.4 is 11.3 Å². The summed E-state index contributed by atoms with van der Waals surface area (Å²) in [4.78, 5) is 34.2. The summed E-state index contributed by atoms with van der Waals surface area (Å²) in [6.07, 6.45) is -8.05. The number of halogens is 2. The number of aromatic amines is 1. The number of hydrogen-bond donors (Lipinski definition) is 6. The number of nitrogens with zero attached hydrogens (tertiary/aromatic N) is 4. The van der Waals surface area contributed by atoms with Crippen molar-refractivity contribution in [2.45, 2.75) is 49.1 Å². The number of fused-ring (bicyclic) bond motifs is 5. The Labute approximate surface area is 278 Å². The fourth-order valence-electron chi connectivity index (χ4n) is 5.60. The van der Waals surface area contributed by atoms with Crippen LogP contribution in [0.5, 0.6) is 0 Å². The first kappa shape index (κ1) is 32.9. The van der Waals surface area contributed by atoms with E-state index in [1.54, 1.807) is 0 Å². The molecule has 7 rings (SSSR count). The number of hydrogen-bond acceptors (Lipinski definition) is 14. The van der Waals surface area contributed by atoms with Crippen molar-refractivity contribution >= 4 is 88.7 Å². The third-order valence-corrected chi connectivity index (χ3v) is 11.6. The number of aliphatic hydroxyl groups is 2. The molecule has 1 aromatic carbocycles. The molecule has 3 aliphatic rings. The van der Waals surface area contributed by atoms with Crippen LogP contribution in [0.1, 0.15) is 12.5 Å². The Morgan fingerprint density at radius 1 is 0.957 bits per heavy atom. The van der Waals surface area contributed by atoms with E-state index in [1.165, 1.54) is 40.0 Å². The topological polar surface area (TPSA) is 228 Å². The summed E-state index contributed by atoms with van der Waals surface area (Å²) >= 11 is 21.7. The molecule has 0 radical (unpaired) electrons. The van der Waals surface area contributed by atoms with E-state index >= 15 is 0 Å². The normalized spacial score (nSPS) is 37.2. The quantitative estimate of drug-likeness (QED) is 0.127. The number of thiol groups is 1. The summed E-state index contributed by atoms with van der Waals surface area (Å²) in [6, 6.07) is 4.49. The van der Waals surface area contributed by atoms with E-state index < -0.39 is 81.4 Å². The van der Waals surface area contributed by atoms with Gasteiger partial charge in [0, 0.05) is 6.07 Å². The molecule has 6 N–H and O–H groups in total. The van der Waals surface area contributed by atoms with E-state index in [2.05, 4.69) is 27.2 Å². The van der Waals surface area contributed by atoms with Crippen LogP contribution in [0.2, 0.25) is 10.0 Å². The van der Waals surface area contributed by atoms with Crippen LogP contribution in [0.15, 0.2) is 35.6 Å². The van der Waals surface area contributed by atoms with Crippen LogP contribution in [-0.4, -0.2) is 89.0 Å². The van der Waals surface area contributed by atoms with Gasteiger partial charge in [0.2, 0.25) is 0 Å². The lowest BCUT2D eigenvalue weighted by molar-refractivity contribution is -0.0586. The molecule has 3 aromatic heterocycles. The van der Waals surface area contributed by atoms with E-state index in [1.807, 2.05) is 0 Å². The van der Waals surface area contributed by atoms with Gasteiger partial charge in [0.1, 0.15) is 42.4 Å². The molecule has 23 heteroatoms. The van der Waals surface area contributed by atoms with Crippen molar-refractivity contribution in [2.24, 2.45) is 0 Å². The molecule has 10 atom stereocenters. The van der Waals surface area contributed by atoms with Gasteiger partial charge in [0.05, 0.1) is 52.5 Å². The Morgan fingerprint density at radius 3 is 2.41 bits per heavy atom. The highest BCUT2D eigenvalue weighted by Gasteiger charge is 2.52. The summed E-state index contributed by atoms with van der Waals surface area (Å²) in [5, 5.41) is 23.0. The second-order valence-electron chi connectivity index (χ2n) is 10.6. The molecular formula is C23H24Cl2N6O11P2S2. The van der Waals surface area contributed by atoms with Gasteiger partial charge >= 0.3 is 13.5 Å². The minimum atomic E-state index is -4.35. The lowest BCUT2D eigenvalue weighted by Crippen LogP contribution is -2.36. The van der Waals surface area contributed by atoms with Crippen LogP contribution in [0.4, 0.5) is 5.82 Å². The highest BCUT2D eigenvalue weighted by molar-refractivity contribution is 8.44. The number of benzene rings is 1. The molecule has 0 aliphatic carbocycles. The highest BCUT2D eigenvalue weighted by Crippen LogP contribution is 2.58. The van der Waals surface area contributed by atoms with E-state index in [0.29, 0.717) is 11.0 Å². The number of ether oxygens (including phenoxy) is 2. The molecule has 248 valence electrons. The van der Waals surface area contributed by atoms with Gasteiger partial charge in [0.15, 0.2) is 18.0 Å². The van der Waals surface area contributed by atoms with E-state index in [4.69, 9.17) is 68.3 Å². The zero-order chi connectivity index (χ0) is 32.7. The smallest absolute Gasteiger partial charge is 0.386 e. The molecule has 4 aromatic rings. The average molecular weight is 757 g/mol. The molecule has 46 heavy (non-hydrogen) atoms. The number of nitrogens with one attached hydrogen (secondary N) is 1. The van der Waals surface area contributed by atoms with Gasteiger partial charge in [-0.15, -0.1) is 0 Å². The maximum absolute atomic E-state index is 13.6. The minimum absolute atomic E-state index is 0.0123. The van der Waals surface area contributed by atoms with Gasteiger partial charge in [0.25, 0.3) is 5.56 Å². The van der Waals surface area contributed by atoms with Crippen LogP contribution in [0.25, 0.3) is 22.1 Å². The molecule has 17 nitrogen and oxygen atoms in total. The number of nitrogen functional groups attached to an aromatic ring is 1. The average Bonchev–Trinajstić information content (AvgIpc) is 3.72. The summed E-state index contributed by atoms with van der Waals surface area (Å²) in [5.41, 5.74) is 6.39. The molecule has 3 saturated heterocycles. The van der Waals surface area contributed by atoms with Crippen molar-refractivity contribution in [3.05, 3.63) is 51.3 Å². The molecular weight excluding hydrogens is 733 g/mol. The number of rotatable bonds is 2. The van der Waals surface area contributed by atoms with Crippen LogP contribution >= 0.6 is 49.0 Å². The molecule has 4 unspecified atom stereocenters. The summed E-state index contributed by atoms with van der Waals surface area (Å²) in [7, 11) is 0. The van der Waals surface area contributed by atoms with Crippen molar-refractivity contribution in [3.8, 4) is 0 Å². The first-order valence-electron chi connectivity index (χ1n) is 13.4. The molecule has 0 spiro atoms. The van der Waals surface area contributed by atoms with Gasteiger partial charge in [-0.25, -0.2) is 14.5 Å². The van der Waals surface area contributed by atoms with Gasteiger partial charge in [-0.2, -0.15) is 0 Å². The molecule has 2 bridgehead atoms.